The topological polar surface area (TPSA) is 66.5 Å². The van der Waals surface area contributed by atoms with Crippen LogP contribution in [-0.2, 0) is 14.8 Å². The fourth-order valence-corrected chi connectivity index (χ4v) is 4.36. The molecule has 1 N–H and O–H groups in total. The van der Waals surface area contributed by atoms with Gasteiger partial charge in [0, 0.05) is 26.1 Å². The lowest BCUT2D eigenvalue weighted by molar-refractivity contribution is -0.121. The van der Waals surface area contributed by atoms with Crippen LogP contribution in [0.5, 0.6) is 0 Å². The molecule has 1 aromatic carbocycles. The number of amides is 1. The Morgan fingerprint density at radius 2 is 1.87 bits per heavy atom. The van der Waals surface area contributed by atoms with Gasteiger partial charge in [0.25, 0.3) is 0 Å². The molecule has 2 rings (SSSR count). The summed E-state index contributed by atoms with van der Waals surface area (Å²) in [5, 5.41) is 2.88. The van der Waals surface area contributed by atoms with Crippen molar-refractivity contribution < 1.29 is 13.2 Å². The Morgan fingerprint density at radius 1 is 1.22 bits per heavy atom. The minimum atomic E-state index is -3.37. The SMILES string of the molecule is CCCNC(=O)CCC1CCN(S(=O)(=O)c2ccccc2)CC1. The van der Waals surface area contributed by atoms with Crippen molar-refractivity contribution in [1.29, 1.82) is 0 Å². The first-order valence-electron chi connectivity index (χ1n) is 8.36. The van der Waals surface area contributed by atoms with Crippen LogP contribution in [0, 0.1) is 5.92 Å². The number of rotatable bonds is 7. The molecule has 1 amide bonds. The Labute approximate surface area is 139 Å². The summed E-state index contributed by atoms with van der Waals surface area (Å²) >= 11 is 0. The molecule has 0 radical (unpaired) electrons. The van der Waals surface area contributed by atoms with E-state index < -0.39 is 10.0 Å². The number of hydrogen-bond acceptors (Lipinski definition) is 3. The Hall–Kier alpha value is -1.40. The van der Waals surface area contributed by atoms with Gasteiger partial charge in [-0.05, 0) is 43.7 Å². The zero-order chi connectivity index (χ0) is 16.7. The molecule has 1 aromatic rings. The lowest BCUT2D eigenvalue weighted by Gasteiger charge is -2.31. The van der Waals surface area contributed by atoms with Crippen molar-refractivity contribution in [3.05, 3.63) is 30.3 Å². The molecule has 0 aliphatic carbocycles. The molecule has 5 nitrogen and oxygen atoms in total. The van der Waals surface area contributed by atoms with E-state index in [1.165, 1.54) is 0 Å². The number of sulfonamides is 1. The van der Waals surface area contributed by atoms with Gasteiger partial charge in [0.05, 0.1) is 4.90 Å². The molecule has 0 bridgehead atoms. The third-order valence-corrected chi connectivity index (χ3v) is 6.22. The number of piperidine rings is 1. The molecule has 1 aliphatic rings. The zero-order valence-corrected chi connectivity index (χ0v) is 14.5. The maximum atomic E-state index is 12.5. The van der Waals surface area contributed by atoms with Crippen molar-refractivity contribution in [2.24, 2.45) is 5.92 Å². The number of benzene rings is 1. The second-order valence-corrected chi connectivity index (χ2v) is 7.99. The Balaban J connectivity index is 1.81. The van der Waals surface area contributed by atoms with Crippen LogP contribution in [-0.4, -0.2) is 38.3 Å². The van der Waals surface area contributed by atoms with E-state index in [2.05, 4.69) is 5.32 Å². The van der Waals surface area contributed by atoms with Gasteiger partial charge in [0.15, 0.2) is 0 Å². The molecule has 0 saturated carbocycles. The molecular weight excluding hydrogens is 312 g/mol. The van der Waals surface area contributed by atoms with E-state index in [1.54, 1.807) is 28.6 Å². The lowest BCUT2D eigenvalue weighted by atomic mass is 9.93. The van der Waals surface area contributed by atoms with Crippen LogP contribution in [0.3, 0.4) is 0 Å². The summed E-state index contributed by atoms with van der Waals surface area (Å²) in [5.41, 5.74) is 0. The molecule has 0 aromatic heterocycles. The van der Waals surface area contributed by atoms with E-state index in [0.29, 0.717) is 30.3 Å². The quantitative estimate of drug-likeness (QED) is 0.830. The van der Waals surface area contributed by atoms with Gasteiger partial charge in [-0.2, -0.15) is 4.31 Å². The smallest absolute Gasteiger partial charge is 0.243 e. The second kappa shape index (κ2) is 8.45. The minimum absolute atomic E-state index is 0.103. The first-order valence-corrected chi connectivity index (χ1v) is 9.80. The Kier molecular flexibility index (Phi) is 6.59. The number of carbonyl (C=O) groups is 1. The third kappa shape index (κ3) is 5.04. The first kappa shape index (κ1) is 17.9. The van der Waals surface area contributed by atoms with Gasteiger partial charge in [-0.25, -0.2) is 8.42 Å². The van der Waals surface area contributed by atoms with Gasteiger partial charge in [-0.3, -0.25) is 4.79 Å². The van der Waals surface area contributed by atoms with Gasteiger partial charge in [0.1, 0.15) is 0 Å². The highest BCUT2D eigenvalue weighted by atomic mass is 32.2. The van der Waals surface area contributed by atoms with Gasteiger partial charge in [-0.15, -0.1) is 0 Å². The van der Waals surface area contributed by atoms with Crippen molar-refractivity contribution in [2.75, 3.05) is 19.6 Å². The normalized spacial score (nSPS) is 17.1. The number of nitrogens with one attached hydrogen (secondary N) is 1. The molecule has 128 valence electrons. The highest BCUT2D eigenvalue weighted by Gasteiger charge is 2.29. The average Bonchev–Trinajstić information content (AvgIpc) is 2.59. The molecule has 6 heteroatoms. The third-order valence-electron chi connectivity index (χ3n) is 4.31. The monoisotopic (exact) mass is 338 g/mol. The van der Waals surface area contributed by atoms with Gasteiger partial charge in [0.2, 0.25) is 15.9 Å². The van der Waals surface area contributed by atoms with Crippen LogP contribution in [0.4, 0.5) is 0 Å². The predicted molar refractivity (Wildman–Crippen MR) is 90.5 cm³/mol. The van der Waals surface area contributed by atoms with Crippen LogP contribution < -0.4 is 5.32 Å². The first-order chi connectivity index (χ1) is 11.0. The van der Waals surface area contributed by atoms with Crippen molar-refractivity contribution in [3.63, 3.8) is 0 Å². The molecule has 23 heavy (non-hydrogen) atoms. The number of nitrogens with zero attached hydrogens (tertiary/aromatic N) is 1. The van der Waals surface area contributed by atoms with Crippen molar-refractivity contribution in [2.45, 2.75) is 43.9 Å². The van der Waals surface area contributed by atoms with E-state index in [4.69, 9.17) is 0 Å². The number of carbonyl (C=O) groups excluding carboxylic acids is 1. The highest BCUT2D eigenvalue weighted by molar-refractivity contribution is 7.89. The fraction of sp³-hybridized carbons (Fsp3) is 0.588. The Morgan fingerprint density at radius 3 is 2.48 bits per heavy atom. The summed E-state index contributed by atoms with van der Waals surface area (Å²) in [6, 6.07) is 8.58. The van der Waals surface area contributed by atoms with Gasteiger partial charge in [-0.1, -0.05) is 25.1 Å². The van der Waals surface area contributed by atoms with Crippen LogP contribution >= 0.6 is 0 Å². The molecule has 1 aliphatic heterocycles. The molecule has 1 saturated heterocycles. The predicted octanol–water partition coefficient (Wildman–Crippen LogP) is 2.39. The largest absolute Gasteiger partial charge is 0.356 e. The summed E-state index contributed by atoms with van der Waals surface area (Å²) in [7, 11) is -3.37. The van der Waals surface area contributed by atoms with E-state index in [9.17, 15) is 13.2 Å². The second-order valence-electron chi connectivity index (χ2n) is 6.05. The standard InChI is InChI=1S/C17H26N2O3S/c1-2-12-18-17(20)9-8-15-10-13-19(14-11-15)23(21,22)16-6-4-3-5-7-16/h3-7,15H,2,8-14H2,1H3,(H,18,20). The summed E-state index contributed by atoms with van der Waals surface area (Å²) in [6.45, 7) is 3.84. The van der Waals surface area contributed by atoms with Gasteiger partial charge >= 0.3 is 0 Å². The van der Waals surface area contributed by atoms with Crippen molar-refractivity contribution in [3.8, 4) is 0 Å². The maximum absolute atomic E-state index is 12.5. The molecule has 0 spiro atoms. The van der Waals surface area contributed by atoms with E-state index in [1.807, 2.05) is 13.0 Å². The zero-order valence-electron chi connectivity index (χ0n) is 13.7. The van der Waals surface area contributed by atoms with Crippen LogP contribution in [0.2, 0.25) is 0 Å². The van der Waals surface area contributed by atoms with Gasteiger partial charge < -0.3 is 5.32 Å². The molecular formula is C17H26N2O3S. The summed E-state index contributed by atoms with van der Waals surface area (Å²) in [5.74, 6) is 0.538. The molecule has 1 heterocycles. The fourth-order valence-electron chi connectivity index (χ4n) is 2.87. The van der Waals surface area contributed by atoms with Crippen molar-refractivity contribution >= 4 is 15.9 Å². The summed E-state index contributed by atoms with van der Waals surface area (Å²) < 4.78 is 26.6. The summed E-state index contributed by atoms with van der Waals surface area (Å²) in [4.78, 5) is 12.0. The van der Waals surface area contributed by atoms with E-state index in [-0.39, 0.29) is 5.91 Å². The van der Waals surface area contributed by atoms with Crippen LogP contribution in [0.1, 0.15) is 39.0 Å². The summed E-state index contributed by atoms with van der Waals surface area (Å²) in [6.07, 6.45) is 3.98. The van der Waals surface area contributed by atoms with Crippen LogP contribution in [0.25, 0.3) is 0 Å². The van der Waals surface area contributed by atoms with E-state index >= 15 is 0 Å². The maximum Gasteiger partial charge on any atom is 0.243 e. The van der Waals surface area contributed by atoms with E-state index in [0.717, 1.165) is 32.2 Å². The minimum Gasteiger partial charge on any atom is -0.356 e. The molecule has 0 unspecified atom stereocenters. The number of hydrogen-bond donors (Lipinski definition) is 1. The van der Waals surface area contributed by atoms with Crippen molar-refractivity contribution in [1.82, 2.24) is 9.62 Å². The lowest BCUT2D eigenvalue weighted by Crippen LogP contribution is -2.38. The molecule has 1 fully saturated rings. The highest BCUT2D eigenvalue weighted by Crippen LogP contribution is 2.26. The van der Waals surface area contributed by atoms with Crippen LogP contribution in [0.15, 0.2) is 35.2 Å². The Bertz CT molecular complexity index is 594. The average molecular weight is 338 g/mol. The molecule has 0 atom stereocenters.